The summed E-state index contributed by atoms with van der Waals surface area (Å²) in [5.41, 5.74) is 2.45. The average Bonchev–Trinajstić information content (AvgIpc) is 2.56. The Labute approximate surface area is 79.6 Å². The van der Waals surface area contributed by atoms with E-state index in [2.05, 4.69) is 39.1 Å². The molecule has 60 valence electrons. The van der Waals surface area contributed by atoms with Crippen LogP contribution in [0.1, 0.15) is 0 Å². The molecular formula is C10H8BrN. The topological polar surface area (TPSA) is 15.8 Å². The van der Waals surface area contributed by atoms with Gasteiger partial charge in [0.05, 0.1) is 0 Å². The Morgan fingerprint density at radius 2 is 2.00 bits per heavy atom. The summed E-state index contributed by atoms with van der Waals surface area (Å²) in [5.74, 6) is 0. The van der Waals surface area contributed by atoms with Crippen LogP contribution in [-0.4, -0.2) is 4.98 Å². The fourth-order valence-corrected chi connectivity index (χ4v) is 1.57. The van der Waals surface area contributed by atoms with Crippen molar-refractivity contribution in [3.63, 3.8) is 0 Å². The summed E-state index contributed by atoms with van der Waals surface area (Å²) in [7, 11) is 0. The van der Waals surface area contributed by atoms with Gasteiger partial charge < -0.3 is 4.98 Å². The van der Waals surface area contributed by atoms with Crippen LogP contribution in [0.5, 0.6) is 0 Å². The van der Waals surface area contributed by atoms with E-state index in [4.69, 9.17) is 0 Å². The number of hydrogen-bond acceptors (Lipinski definition) is 0. The molecular weight excluding hydrogens is 214 g/mol. The summed E-state index contributed by atoms with van der Waals surface area (Å²) < 4.78 is 1.11. The van der Waals surface area contributed by atoms with Crippen molar-refractivity contribution in [2.75, 3.05) is 0 Å². The number of aromatic amines is 1. The van der Waals surface area contributed by atoms with Gasteiger partial charge >= 0.3 is 0 Å². The second-order valence-electron chi connectivity index (χ2n) is 2.61. The van der Waals surface area contributed by atoms with E-state index >= 15 is 0 Å². The third-order valence-corrected chi connectivity index (χ3v) is 2.25. The molecule has 1 aromatic heterocycles. The fraction of sp³-hybridized carbons (Fsp3) is 0. The van der Waals surface area contributed by atoms with Gasteiger partial charge in [-0.25, -0.2) is 0 Å². The lowest BCUT2D eigenvalue weighted by atomic mass is 10.1. The third-order valence-electron chi connectivity index (χ3n) is 1.76. The first-order chi connectivity index (χ1) is 5.86. The van der Waals surface area contributed by atoms with E-state index in [1.54, 1.807) is 0 Å². The van der Waals surface area contributed by atoms with Gasteiger partial charge in [0, 0.05) is 16.9 Å². The lowest BCUT2D eigenvalue weighted by Crippen LogP contribution is -1.72. The maximum atomic E-state index is 3.44. The van der Waals surface area contributed by atoms with Crippen molar-refractivity contribution in [2.45, 2.75) is 0 Å². The lowest BCUT2D eigenvalue weighted by molar-refractivity contribution is 1.41. The number of rotatable bonds is 1. The second-order valence-corrected chi connectivity index (χ2v) is 3.53. The molecule has 0 aliphatic heterocycles. The van der Waals surface area contributed by atoms with Crippen LogP contribution in [0.4, 0.5) is 0 Å². The predicted molar refractivity (Wildman–Crippen MR) is 53.9 cm³/mol. The van der Waals surface area contributed by atoms with Gasteiger partial charge in [-0.05, 0) is 29.3 Å². The minimum Gasteiger partial charge on any atom is -0.367 e. The van der Waals surface area contributed by atoms with Gasteiger partial charge in [-0.2, -0.15) is 0 Å². The van der Waals surface area contributed by atoms with Crippen molar-refractivity contribution in [3.8, 4) is 11.1 Å². The Kier molecular flexibility index (Phi) is 2.00. The van der Waals surface area contributed by atoms with E-state index in [0.717, 1.165) is 4.47 Å². The number of nitrogens with one attached hydrogen (secondary N) is 1. The third kappa shape index (κ3) is 1.43. The van der Waals surface area contributed by atoms with E-state index in [9.17, 15) is 0 Å². The molecule has 2 aromatic rings. The maximum Gasteiger partial charge on any atom is 0.0181 e. The Hall–Kier alpha value is -1.02. The molecule has 1 aromatic carbocycles. The van der Waals surface area contributed by atoms with E-state index in [0.29, 0.717) is 0 Å². The van der Waals surface area contributed by atoms with E-state index < -0.39 is 0 Å². The molecule has 2 heteroatoms. The predicted octanol–water partition coefficient (Wildman–Crippen LogP) is 3.44. The molecule has 0 saturated carbocycles. The molecule has 0 spiro atoms. The maximum absolute atomic E-state index is 3.44. The van der Waals surface area contributed by atoms with Gasteiger partial charge in [-0.15, -0.1) is 0 Å². The monoisotopic (exact) mass is 221 g/mol. The number of H-pyrrole nitrogens is 1. The van der Waals surface area contributed by atoms with Crippen molar-refractivity contribution in [2.24, 2.45) is 0 Å². The lowest BCUT2D eigenvalue weighted by Gasteiger charge is -1.96. The van der Waals surface area contributed by atoms with Crippen LogP contribution in [0, 0.1) is 0 Å². The highest BCUT2D eigenvalue weighted by atomic mass is 79.9. The molecule has 0 radical (unpaired) electrons. The largest absolute Gasteiger partial charge is 0.367 e. The Bertz CT molecular complexity index is 365. The summed E-state index contributed by atoms with van der Waals surface area (Å²) in [5, 5.41) is 0. The molecule has 1 heterocycles. The van der Waals surface area contributed by atoms with Gasteiger partial charge in [0.15, 0.2) is 0 Å². The SMILES string of the molecule is Brc1cccc(-c2cc[nH]c2)c1. The Morgan fingerprint density at radius 1 is 1.08 bits per heavy atom. The van der Waals surface area contributed by atoms with Gasteiger partial charge in [0.25, 0.3) is 0 Å². The van der Waals surface area contributed by atoms with Crippen molar-refractivity contribution < 1.29 is 0 Å². The fourth-order valence-electron chi connectivity index (χ4n) is 1.17. The summed E-state index contributed by atoms with van der Waals surface area (Å²) in [6.07, 6.45) is 3.91. The molecule has 0 amide bonds. The molecule has 0 saturated heterocycles. The standard InChI is InChI=1S/C10H8BrN/c11-10-3-1-2-8(6-10)9-4-5-12-7-9/h1-7,12H. The minimum absolute atomic E-state index is 1.11. The molecule has 0 atom stereocenters. The van der Waals surface area contributed by atoms with Gasteiger partial charge in [-0.1, -0.05) is 28.1 Å². The van der Waals surface area contributed by atoms with Crippen molar-refractivity contribution in [1.29, 1.82) is 0 Å². The van der Waals surface area contributed by atoms with Crippen LogP contribution >= 0.6 is 15.9 Å². The summed E-state index contributed by atoms with van der Waals surface area (Å²) in [4.78, 5) is 3.03. The highest BCUT2D eigenvalue weighted by molar-refractivity contribution is 9.10. The normalized spacial score (nSPS) is 10.1. The molecule has 0 aliphatic rings. The van der Waals surface area contributed by atoms with Crippen molar-refractivity contribution in [1.82, 2.24) is 4.98 Å². The van der Waals surface area contributed by atoms with Crippen molar-refractivity contribution >= 4 is 15.9 Å². The zero-order valence-corrected chi connectivity index (χ0v) is 8.01. The van der Waals surface area contributed by atoms with Crippen LogP contribution in [0.25, 0.3) is 11.1 Å². The van der Waals surface area contributed by atoms with E-state index in [-0.39, 0.29) is 0 Å². The summed E-state index contributed by atoms with van der Waals surface area (Å²) in [6, 6.07) is 10.3. The van der Waals surface area contributed by atoms with Crippen LogP contribution in [0.15, 0.2) is 47.2 Å². The quantitative estimate of drug-likeness (QED) is 0.760. The first kappa shape index (κ1) is 7.62. The Balaban J connectivity index is 2.48. The highest BCUT2D eigenvalue weighted by Crippen LogP contribution is 2.21. The molecule has 0 unspecified atom stereocenters. The van der Waals surface area contributed by atoms with Gasteiger partial charge in [0.1, 0.15) is 0 Å². The first-order valence-corrected chi connectivity index (χ1v) is 4.54. The summed E-state index contributed by atoms with van der Waals surface area (Å²) >= 11 is 3.44. The number of hydrogen-bond donors (Lipinski definition) is 1. The molecule has 12 heavy (non-hydrogen) atoms. The van der Waals surface area contributed by atoms with Gasteiger partial charge in [0.2, 0.25) is 0 Å². The molecule has 0 bridgehead atoms. The zero-order valence-electron chi connectivity index (χ0n) is 6.42. The highest BCUT2D eigenvalue weighted by Gasteiger charge is 1.96. The molecule has 0 fully saturated rings. The van der Waals surface area contributed by atoms with Crippen LogP contribution in [0.2, 0.25) is 0 Å². The van der Waals surface area contributed by atoms with Crippen LogP contribution < -0.4 is 0 Å². The number of halogens is 1. The zero-order chi connectivity index (χ0) is 8.39. The second kappa shape index (κ2) is 3.15. The smallest absolute Gasteiger partial charge is 0.0181 e. The van der Waals surface area contributed by atoms with Gasteiger partial charge in [-0.3, -0.25) is 0 Å². The van der Waals surface area contributed by atoms with E-state index in [1.807, 2.05) is 24.5 Å². The van der Waals surface area contributed by atoms with Crippen molar-refractivity contribution in [3.05, 3.63) is 47.2 Å². The molecule has 2 rings (SSSR count). The first-order valence-electron chi connectivity index (χ1n) is 3.75. The average molecular weight is 222 g/mol. The van der Waals surface area contributed by atoms with Crippen LogP contribution in [0.3, 0.4) is 0 Å². The summed E-state index contributed by atoms with van der Waals surface area (Å²) in [6.45, 7) is 0. The minimum atomic E-state index is 1.11. The number of benzene rings is 1. The molecule has 1 N–H and O–H groups in total. The Morgan fingerprint density at radius 3 is 2.67 bits per heavy atom. The molecule has 0 aliphatic carbocycles. The molecule has 1 nitrogen and oxygen atoms in total. The number of aromatic nitrogens is 1. The van der Waals surface area contributed by atoms with Crippen LogP contribution in [-0.2, 0) is 0 Å². The van der Waals surface area contributed by atoms with E-state index in [1.165, 1.54) is 11.1 Å².